The van der Waals surface area contributed by atoms with Crippen LogP contribution in [0.1, 0.15) is 19.8 Å². The normalized spacial score (nSPS) is 11.8. The standard InChI is InChI=1S/C6H14NO3S/c1-2-7-5-3-4-6-11(8,9)10/h2-6H2,1H3,(H,8,9,10). The van der Waals surface area contributed by atoms with E-state index >= 15 is 0 Å². The molecule has 0 heterocycles. The molecule has 0 aromatic carbocycles. The molecule has 0 aliphatic rings. The lowest BCUT2D eigenvalue weighted by atomic mass is 10.3. The van der Waals surface area contributed by atoms with Gasteiger partial charge >= 0.3 is 0 Å². The molecule has 0 aromatic heterocycles. The molecule has 0 rings (SSSR count). The summed E-state index contributed by atoms with van der Waals surface area (Å²) in [4.78, 5) is 0. The molecule has 0 bridgehead atoms. The highest BCUT2D eigenvalue weighted by molar-refractivity contribution is 7.85. The molecule has 5 heteroatoms. The van der Waals surface area contributed by atoms with Crippen molar-refractivity contribution >= 4 is 10.1 Å². The monoisotopic (exact) mass is 180 g/mol. The first kappa shape index (κ1) is 10.9. The topological polar surface area (TPSA) is 68.5 Å². The van der Waals surface area contributed by atoms with Crippen molar-refractivity contribution in [3.8, 4) is 0 Å². The van der Waals surface area contributed by atoms with Crippen LogP contribution in [-0.2, 0) is 10.1 Å². The van der Waals surface area contributed by atoms with Crippen molar-refractivity contribution in [2.45, 2.75) is 19.8 Å². The summed E-state index contributed by atoms with van der Waals surface area (Å²) in [5.74, 6) is -0.147. The zero-order valence-electron chi connectivity index (χ0n) is 6.65. The van der Waals surface area contributed by atoms with Crippen LogP contribution in [0.5, 0.6) is 0 Å². The first-order valence-corrected chi connectivity index (χ1v) is 5.25. The van der Waals surface area contributed by atoms with Crippen LogP contribution in [0.25, 0.3) is 0 Å². The predicted molar refractivity (Wildman–Crippen MR) is 43.2 cm³/mol. The molecule has 67 valence electrons. The zero-order valence-corrected chi connectivity index (χ0v) is 7.47. The third-order valence-corrected chi connectivity index (χ3v) is 2.00. The van der Waals surface area contributed by atoms with Gasteiger partial charge in [-0.05, 0) is 12.8 Å². The van der Waals surface area contributed by atoms with Crippen molar-refractivity contribution in [1.29, 1.82) is 0 Å². The van der Waals surface area contributed by atoms with E-state index in [1.807, 2.05) is 6.92 Å². The summed E-state index contributed by atoms with van der Waals surface area (Å²) in [7, 11) is -3.75. The second-order valence-electron chi connectivity index (χ2n) is 2.26. The molecule has 0 amide bonds. The molecule has 0 fully saturated rings. The highest BCUT2D eigenvalue weighted by atomic mass is 32.2. The van der Waals surface area contributed by atoms with E-state index in [-0.39, 0.29) is 5.75 Å². The van der Waals surface area contributed by atoms with Gasteiger partial charge < -0.3 is 0 Å². The van der Waals surface area contributed by atoms with Gasteiger partial charge in [-0.1, -0.05) is 6.92 Å². The Labute approximate surface area is 67.7 Å². The first-order valence-electron chi connectivity index (χ1n) is 3.64. The summed E-state index contributed by atoms with van der Waals surface area (Å²) in [6, 6.07) is 0. The van der Waals surface area contributed by atoms with Crippen molar-refractivity contribution in [2.24, 2.45) is 0 Å². The summed E-state index contributed by atoms with van der Waals surface area (Å²) >= 11 is 0. The van der Waals surface area contributed by atoms with E-state index in [1.165, 1.54) is 0 Å². The van der Waals surface area contributed by atoms with Gasteiger partial charge in [0.25, 0.3) is 10.1 Å². The molecular formula is C6H14NO3S. The maximum absolute atomic E-state index is 10.2. The molecule has 0 aliphatic heterocycles. The van der Waals surface area contributed by atoms with Crippen LogP contribution in [-0.4, -0.2) is 31.8 Å². The van der Waals surface area contributed by atoms with Gasteiger partial charge in [0.05, 0.1) is 5.75 Å². The van der Waals surface area contributed by atoms with Crippen LogP contribution in [0.3, 0.4) is 0 Å². The SMILES string of the molecule is CC[N]CCCCS(=O)(=O)O. The van der Waals surface area contributed by atoms with Gasteiger partial charge in [0.1, 0.15) is 0 Å². The van der Waals surface area contributed by atoms with Gasteiger partial charge in [-0.15, -0.1) is 0 Å². The lowest BCUT2D eigenvalue weighted by Gasteiger charge is -1.97. The molecule has 0 saturated heterocycles. The number of rotatable bonds is 6. The van der Waals surface area contributed by atoms with Crippen LogP contribution < -0.4 is 5.32 Å². The van der Waals surface area contributed by atoms with E-state index in [2.05, 4.69) is 5.32 Å². The smallest absolute Gasteiger partial charge is 0.264 e. The third-order valence-electron chi connectivity index (χ3n) is 1.19. The Kier molecular flexibility index (Phi) is 5.45. The molecule has 1 radical (unpaired) electrons. The van der Waals surface area contributed by atoms with Crippen molar-refractivity contribution in [1.82, 2.24) is 5.32 Å². The molecule has 4 nitrogen and oxygen atoms in total. The average Bonchev–Trinajstić information content (AvgIpc) is 1.85. The second kappa shape index (κ2) is 5.51. The van der Waals surface area contributed by atoms with E-state index in [0.717, 1.165) is 13.0 Å². The zero-order chi connectivity index (χ0) is 8.74. The molecule has 0 aromatic rings. The van der Waals surface area contributed by atoms with Gasteiger partial charge in [0, 0.05) is 13.1 Å². The average molecular weight is 180 g/mol. The van der Waals surface area contributed by atoms with E-state index in [9.17, 15) is 8.42 Å². The van der Waals surface area contributed by atoms with Crippen molar-refractivity contribution in [3.05, 3.63) is 0 Å². The van der Waals surface area contributed by atoms with Crippen molar-refractivity contribution in [3.63, 3.8) is 0 Å². The molecule has 1 N–H and O–H groups in total. The maximum atomic E-state index is 10.2. The summed E-state index contributed by atoms with van der Waals surface area (Å²) in [5.41, 5.74) is 0. The number of nitrogens with zero attached hydrogens (tertiary/aromatic N) is 1. The summed E-state index contributed by atoms with van der Waals surface area (Å²) in [6.45, 7) is 3.39. The van der Waals surface area contributed by atoms with Gasteiger partial charge in [-0.25, -0.2) is 5.32 Å². The fraction of sp³-hybridized carbons (Fsp3) is 1.00. The van der Waals surface area contributed by atoms with Crippen molar-refractivity contribution < 1.29 is 13.0 Å². The number of unbranched alkanes of at least 4 members (excludes halogenated alkanes) is 1. The highest BCUT2D eigenvalue weighted by Gasteiger charge is 2.02. The Morgan fingerprint density at radius 3 is 2.45 bits per heavy atom. The number of hydrogen-bond donors (Lipinski definition) is 1. The Morgan fingerprint density at radius 2 is 2.00 bits per heavy atom. The molecule has 0 atom stereocenters. The van der Waals surface area contributed by atoms with Gasteiger partial charge in [-0.3, -0.25) is 4.55 Å². The Balaban J connectivity index is 3.16. The minimum Gasteiger partial charge on any atom is -0.286 e. The summed E-state index contributed by atoms with van der Waals surface area (Å²) in [5, 5.41) is 4.01. The Morgan fingerprint density at radius 1 is 1.36 bits per heavy atom. The first-order chi connectivity index (χ1) is 5.06. The van der Waals surface area contributed by atoms with E-state index in [1.54, 1.807) is 0 Å². The summed E-state index contributed by atoms with van der Waals surface area (Å²) < 4.78 is 28.7. The molecule has 11 heavy (non-hydrogen) atoms. The molecular weight excluding hydrogens is 166 g/mol. The van der Waals surface area contributed by atoms with Gasteiger partial charge in [-0.2, -0.15) is 8.42 Å². The second-order valence-corrected chi connectivity index (χ2v) is 3.83. The maximum Gasteiger partial charge on any atom is 0.264 e. The number of hydrogen-bond acceptors (Lipinski definition) is 2. The van der Waals surface area contributed by atoms with Crippen LogP contribution in [0.4, 0.5) is 0 Å². The Bertz CT molecular complexity index is 176. The molecule has 0 unspecified atom stereocenters. The minimum absolute atomic E-state index is 0.147. The minimum atomic E-state index is -3.75. The lowest BCUT2D eigenvalue weighted by molar-refractivity contribution is 0.479. The van der Waals surface area contributed by atoms with Crippen LogP contribution in [0, 0.1) is 0 Å². The van der Waals surface area contributed by atoms with Crippen molar-refractivity contribution in [2.75, 3.05) is 18.8 Å². The van der Waals surface area contributed by atoms with Crippen LogP contribution in [0.15, 0.2) is 0 Å². The van der Waals surface area contributed by atoms with E-state index in [0.29, 0.717) is 13.0 Å². The van der Waals surface area contributed by atoms with Crippen LogP contribution in [0.2, 0.25) is 0 Å². The molecule has 0 saturated carbocycles. The van der Waals surface area contributed by atoms with E-state index in [4.69, 9.17) is 4.55 Å². The fourth-order valence-corrected chi connectivity index (χ4v) is 1.24. The Hall–Kier alpha value is -0.130. The highest BCUT2D eigenvalue weighted by Crippen LogP contribution is 1.92. The quantitative estimate of drug-likeness (QED) is 0.471. The molecule has 0 aliphatic carbocycles. The largest absolute Gasteiger partial charge is 0.286 e. The molecule has 0 spiro atoms. The summed E-state index contributed by atoms with van der Waals surface area (Å²) in [6.07, 6.45) is 1.22. The lowest BCUT2D eigenvalue weighted by Crippen LogP contribution is -2.09. The van der Waals surface area contributed by atoms with E-state index < -0.39 is 10.1 Å². The van der Waals surface area contributed by atoms with Gasteiger partial charge in [0.15, 0.2) is 0 Å². The van der Waals surface area contributed by atoms with Crippen LogP contribution >= 0.6 is 0 Å². The van der Waals surface area contributed by atoms with Gasteiger partial charge in [0.2, 0.25) is 0 Å². The predicted octanol–water partition coefficient (Wildman–Crippen LogP) is 0.279. The fourth-order valence-electron chi connectivity index (χ4n) is 0.666. The third kappa shape index (κ3) is 9.87.